The molecule has 4 rings (SSSR count). The number of nitrogens with zero attached hydrogens (tertiary/aromatic N) is 5. The van der Waals surface area contributed by atoms with E-state index >= 15 is 0 Å². The molecular weight excluding hydrogens is 452 g/mol. The average Bonchev–Trinajstić information content (AvgIpc) is 3.06. The Labute approximate surface area is 204 Å². The first-order valence-corrected chi connectivity index (χ1v) is 12.7. The summed E-state index contributed by atoms with van der Waals surface area (Å²) >= 11 is 1.32. The number of para-hydroxylation sites is 2. The van der Waals surface area contributed by atoms with E-state index in [9.17, 15) is 14.4 Å². The van der Waals surface area contributed by atoms with Gasteiger partial charge in [-0.3, -0.25) is 19.3 Å². The number of carbonyl (C=O) groups excluding carboxylic acids is 3. The minimum atomic E-state index is -1.03. The third kappa shape index (κ3) is 4.55. The number of hydrogen-bond acceptors (Lipinski definition) is 6. The van der Waals surface area contributed by atoms with Gasteiger partial charge in [-0.25, -0.2) is 0 Å². The molecule has 0 spiro atoms. The van der Waals surface area contributed by atoms with Crippen molar-refractivity contribution in [1.29, 1.82) is 0 Å². The lowest BCUT2D eigenvalue weighted by Gasteiger charge is -2.43. The smallest absolute Gasteiger partial charge is 0.250 e. The monoisotopic (exact) mass is 484 g/mol. The van der Waals surface area contributed by atoms with Gasteiger partial charge < -0.3 is 14.8 Å². The number of nitrogens with one attached hydrogen (secondary N) is 1. The van der Waals surface area contributed by atoms with Crippen LogP contribution in [0.3, 0.4) is 0 Å². The van der Waals surface area contributed by atoms with Crippen LogP contribution in [0.1, 0.15) is 59.2 Å². The Balaban J connectivity index is 1.55. The number of rotatable bonds is 6. The highest BCUT2D eigenvalue weighted by molar-refractivity contribution is 8.00. The van der Waals surface area contributed by atoms with Gasteiger partial charge in [0, 0.05) is 19.5 Å². The fourth-order valence-corrected chi connectivity index (χ4v) is 5.43. The van der Waals surface area contributed by atoms with Crippen molar-refractivity contribution in [3.05, 3.63) is 30.1 Å². The number of carbonyl (C=O) groups is 3. The molecule has 0 saturated carbocycles. The van der Waals surface area contributed by atoms with Gasteiger partial charge in [-0.15, -0.1) is 10.2 Å². The van der Waals surface area contributed by atoms with E-state index in [0.29, 0.717) is 36.0 Å². The predicted molar refractivity (Wildman–Crippen MR) is 132 cm³/mol. The normalized spacial score (nSPS) is 18.8. The largest absolute Gasteiger partial charge is 0.335 e. The van der Waals surface area contributed by atoms with Gasteiger partial charge in [0.05, 0.1) is 23.2 Å². The van der Waals surface area contributed by atoms with Crippen LogP contribution in [0.2, 0.25) is 0 Å². The number of fused-ring (bicyclic) bond motifs is 1. The van der Waals surface area contributed by atoms with Crippen LogP contribution >= 0.6 is 11.8 Å². The Kier molecular flexibility index (Phi) is 6.97. The molecule has 2 aromatic rings. The van der Waals surface area contributed by atoms with E-state index in [1.54, 1.807) is 24.8 Å². The minimum Gasteiger partial charge on any atom is -0.335 e. The predicted octanol–water partition coefficient (Wildman–Crippen LogP) is 3.45. The molecule has 182 valence electrons. The minimum absolute atomic E-state index is 0.158. The molecule has 10 heteroatoms. The zero-order valence-electron chi connectivity index (χ0n) is 20.2. The lowest BCUT2D eigenvalue weighted by Crippen LogP contribution is -2.60. The van der Waals surface area contributed by atoms with Crippen molar-refractivity contribution in [2.24, 2.45) is 0 Å². The Hall–Kier alpha value is -2.88. The first-order valence-electron chi connectivity index (χ1n) is 11.8. The Morgan fingerprint density at radius 1 is 1.18 bits per heavy atom. The summed E-state index contributed by atoms with van der Waals surface area (Å²) in [6.45, 7) is 9.12. The molecule has 0 bridgehead atoms. The van der Waals surface area contributed by atoms with E-state index in [1.165, 1.54) is 11.8 Å². The molecule has 1 saturated heterocycles. The standard InChI is InChI=1S/C24H32N6O3S/c1-5-29-19(15-28-14-10-6-7-13-20(28)31)26-27-23(29)34-16(2)21(32)30-18-12-9-8-11-17(18)25-22(33)24(30,3)4/h8-9,11-12,16H,5-7,10,13-15H2,1-4H3,(H,25,33)/t16-/m1/s1. The second-order valence-electron chi connectivity index (χ2n) is 9.23. The molecule has 3 amide bonds. The van der Waals surface area contributed by atoms with E-state index < -0.39 is 10.8 Å². The van der Waals surface area contributed by atoms with Crippen molar-refractivity contribution < 1.29 is 14.4 Å². The maximum Gasteiger partial charge on any atom is 0.250 e. The zero-order valence-corrected chi connectivity index (χ0v) is 21.0. The molecule has 1 aromatic heterocycles. The van der Waals surface area contributed by atoms with Crippen molar-refractivity contribution in [1.82, 2.24) is 19.7 Å². The molecule has 0 radical (unpaired) electrons. The van der Waals surface area contributed by atoms with Crippen molar-refractivity contribution in [2.45, 2.75) is 82.4 Å². The van der Waals surface area contributed by atoms with Gasteiger partial charge in [0.25, 0.3) is 0 Å². The number of likely N-dealkylation sites (tertiary alicyclic amines) is 1. The maximum atomic E-state index is 13.6. The van der Waals surface area contributed by atoms with E-state index in [-0.39, 0.29) is 17.7 Å². The van der Waals surface area contributed by atoms with Crippen LogP contribution in [0.25, 0.3) is 0 Å². The summed E-state index contributed by atoms with van der Waals surface area (Å²) in [6.07, 6.45) is 3.58. The highest BCUT2D eigenvalue weighted by Crippen LogP contribution is 2.38. The van der Waals surface area contributed by atoms with Crippen LogP contribution in [0.5, 0.6) is 0 Å². The molecule has 2 aliphatic heterocycles. The number of benzene rings is 1. The van der Waals surface area contributed by atoms with Crippen LogP contribution in [0.15, 0.2) is 29.4 Å². The first kappa shape index (κ1) is 24.3. The second-order valence-corrected chi connectivity index (χ2v) is 10.5. The van der Waals surface area contributed by atoms with E-state index in [4.69, 9.17) is 0 Å². The molecule has 2 aliphatic rings. The topological polar surface area (TPSA) is 100 Å². The summed E-state index contributed by atoms with van der Waals surface area (Å²) in [5, 5.41) is 11.7. The summed E-state index contributed by atoms with van der Waals surface area (Å²) in [5.41, 5.74) is 0.275. The lowest BCUT2D eigenvalue weighted by molar-refractivity contribution is -0.131. The molecule has 3 heterocycles. The Morgan fingerprint density at radius 2 is 1.94 bits per heavy atom. The molecule has 1 aromatic carbocycles. The van der Waals surface area contributed by atoms with E-state index in [0.717, 1.165) is 31.6 Å². The van der Waals surface area contributed by atoms with Crippen LogP contribution < -0.4 is 10.2 Å². The number of aromatic nitrogens is 3. The molecule has 1 N–H and O–H groups in total. The zero-order chi connectivity index (χ0) is 24.5. The molecule has 0 unspecified atom stereocenters. The maximum absolute atomic E-state index is 13.6. The fourth-order valence-electron chi connectivity index (χ4n) is 4.45. The average molecular weight is 485 g/mol. The number of hydrogen-bond donors (Lipinski definition) is 1. The summed E-state index contributed by atoms with van der Waals surface area (Å²) in [7, 11) is 0. The SMILES string of the molecule is CCn1c(CN2CCCCCC2=O)nnc1S[C@H](C)C(=O)N1c2ccccc2NC(=O)C1(C)C. The van der Waals surface area contributed by atoms with Crippen LogP contribution in [-0.4, -0.2) is 54.7 Å². The van der Waals surface area contributed by atoms with Gasteiger partial charge in [-0.1, -0.05) is 30.3 Å². The van der Waals surface area contributed by atoms with Crippen molar-refractivity contribution in [2.75, 3.05) is 16.8 Å². The highest BCUT2D eigenvalue weighted by Gasteiger charge is 2.45. The molecule has 1 fully saturated rings. The van der Waals surface area contributed by atoms with E-state index in [2.05, 4.69) is 15.5 Å². The Morgan fingerprint density at radius 3 is 2.71 bits per heavy atom. The fraction of sp³-hybridized carbons (Fsp3) is 0.542. The summed E-state index contributed by atoms with van der Waals surface area (Å²) < 4.78 is 1.97. The quantitative estimate of drug-likeness (QED) is 0.631. The number of thioether (sulfide) groups is 1. The first-order chi connectivity index (χ1) is 16.2. The molecule has 0 aliphatic carbocycles. The van der Waals surface area contributed by atoms with Crippen molar-refractivity contribution in [3.8, 4) is 0 Å². The molecule has 34 heavy (non-hydrogen) atoms. The van der Waals surface area contributed by atoms with Crippen LogP contribution in [0, 0.1) is 0 Å². The summed E-state index contributed by atoms with van der Waals surface area (Å²) in [4.78, 5) is 42.3. The Bertz CT molecular complexity index is 1100. The third-order valence-corrected chi connectivity index (χ3v) is 7.54. The van der Waals surface area contributed by atoms with E-state index in [1.807, 2.05) is 41.5 Å². The van der Waals surface area contributed by atoms with Crippen LogP contribution in [0.4, 0.5) is 11.4 Å². The number of anilines is 2. The summed E-state index contributed by atoms with van der Waals surface area (Å²) in [6, 6.07) is 7.33. The van der Waals surface area contributed by atoms with Gasteiger partial charge in [-0.05, 0) is 52.7 Å². The van der Waals surface area contributed by atoms with Gasteiger partial charge in [-0.2, -0.15) is 0 Å². The number of amides is 3. The van der Waals surface area contributed by atoms with Gasteiger partial charge in [0.2, 0.25) is 17.7 Å². The molecular formula is C24H32N6O3S. The van der Waals surface area contributed by atoms with Gasteiger partial charge in [0.15, 0.2) is 11.0 Å². The van der Waals surface area contributed by atoms with Crippen molar-refractivity contribution >= 4 is 40.9 Å². The third-order valence-electron chi connectivity index (χ3n) is 6.47. The summed E-state index contributed by atoms with van der Waals surface area (Å²) in [5.74, 6) is 0.484. The van der Waals surface area contributed by atoms with Crippen LogP contribution in [-0.2, 0) is 27.5 Å². The molecule has 9 nitrogen and oxygen atoms in total. The lowest BCUT2D eigenvalue weighted by atomic mass is 9.96. The highest BCUT2D eigenvalue weighted by atomic mass is 32.2. The van der Waals surface area contributed by atoms with Gasteiger partial charge >= 0.3 is 0 Å². The molecule has 1 atom stereocenters. The van der Waals surface area contributed by atoms with Crippen molar-refractivity contribution in [3.63, 3.8) is 0 Å². The second kappa shape index (κ2) is 9.77. The van der Waals surface area contributed by atoms with Gasteiger partial charge in [0.1, 0.15) is 5.54 Å².